The predicted octanol–water partition coefficient (Wildman–Crippen LogP) is 0.295. The highest BCUT2D eigenvalue weighted by atomic mass is 79.9. The van der Waals surface area contributed by atoms with Gasteiger partial charge < -0.3 is 15.8 Å². The van der Waals surface area contributed by atoms with Gasteiger partial charge in [-0.15, -0.1) is 0 Å². The smallest absolute Gasteiger partial charge is 0.248 e. The van der Waals surface area contributed by atoms with Crippen LogP contribution in [-0.2, 0) is 9.53 Å². The van der Waals surface area contributed by atoms with Crippen molar-refractivity contribution in [1.29, 1.82) is 0 Å². The average molecular weight is 287 g/mol. The van der Waals surface area contributed by atoms with Gasteiger partial charge in [-0.2, -0.15) is 0 Å². The molecule has 0 bridgehead atoms. The molecule has 1 saturated heterocycles. The molecule has 1 aliphatic heterocycles. The Balaban J connectivity index is 2.04. The Labute approximate surface area is 101 Å². The lowest BCUT2D eigenvalue weighted by atomic mass is 9.99. The second kappa shape index (κ2) is 4.44. The molecular weight excluding hydrogens is 276 g/mol. The summed E-state index contributed by atoms with van der Waals surface area (Å²) in [6.45, 7) is 0.749. The number of carbonyl (C=O) groups excluding carboxylic acids is 1. The molecule has 1 fully saturated rings. The Morgan fingerprint density at radius 1 is 1.56 bits per heavy atom. The minimum absolute atomic E-state index is 0.239. The van der Waals surface area contributed by atoms with Crippen LogP contribution < -0.4 is 11.1 Å². The monoisotopic (exact) mass is 286 g/mol. The molecule has 2 rings (SSSR count). The molecule has 1 aliphatic rings. The van der Waals surface area contributed by atoms with E-state index in [9.17, 15) is 4.79 Å². The molecule has 0 aromatic carbocycles. The standard InChI is InChI=1S/C9H11BrN4O2/c10-6-3-13-7(4-12-6)14-8(15)9(11)1-2-16-5-9/h3-4H,1-2,5,11H2,(H,13,14,15). The van der Waals surface area contributed by atoms with Crippen LogP contribution in [0.2, 0.25) is 0 Å². The highest BCUT2D eigenvalue weighted by Crippen LogP contribution is 2.17. The summed E-state index contributed by atoms with van der Waals surface area (Å²) in [5.41, 5.74) is 4.94. The van der Waals surface area contributed by atoms with Gasteiger partial charge in [0, 0.05) is 6.61 Å². The van der Waals surface area contributed by atoms with Gasteiger partial charge in [0.2, 0.25) is 5.91 Å². The van der Waals surface area contributed by atoms with E-state index >= 15 is 0 Å². The number of rotatable bonds is 2. The fourth-order valence-corrected chi connectivity index (χ4v) is 1.58. The van der Waals surface area contributed by atoms with Gasteiger partial charge in [0.05, 0.1) is 19.0 Å². The van der Waals surface area contributed by atoms with E-state index in [-0.39, 0.29) is 12.5 Å². The van der Waals surface area contributed by atoms with Crippen molar-refractivity contribution in [3.63, 3.8) is 0 Å². The van der Waals surface area contributed by atoms with E-state index in [2.05, 4.69) is 31.2 Å². The summed E-state index contributed by atoms with van der Waals surface area (Å²) in [5.74, 6) is 0.0894. The minimum atomic E-state index is -0.950. The molecular formula is C9H11BrN4O2. The van der Waals surface area contributed by atoms with Crippen molar-refractivity contribution in [3.05, 3.63) is 17.0 Å². The van der Waals surface area contributed by atoms with Crippen molar-refractivity contribution in [1.82, 2.24) is 9.97 Å². The first-order chi connectivity index (χ1) is 7.60. The average Bonchev–Trinajstić information content (AvgIpc) is 2.70. The molecule has 1 aromatic rings. The first-order valence-corrected chi connectivity index (χ1v) is 5.55. The first kappa shape index (κ1) is 11.4. The van der Waals surface area contributed by atoms with Crippen LogP contribution >= 0.6 is 15.9 Å². The van der Waals surface area contributed by atoms with Gasteiger partial charge in [0.1, 0.15) is 10.1 Å². The van der Waals surface area contributed by atoms with E-state index in [0.717, 1.165) is 0 Å². The lowest BCUT2D eigenvalue weighted by Crippen LogP contribution is -2.51. The summed E-state index contributed by atoms with van der Waals surface area (Å²) in [5, 5.41) is 2.61. The van der Waals surface area contributed by atoms with Gasteiger partial charge in [-0.25, -0.2) is 9.97 Å². The second-order valence-electron chi connectivity index (χ2n) is 3.64. The summed E-state index contributed by atoms with van der Waals surface area (Å²) in [4.78, 5) is 19.8. The van der Waals surface area contributed by atoms with Crippen molar-refractivity contribution in [3.8, 4) is 0 Å². The van der Waals surface area contributed by atoms with Gasteiger partial charge >= 0.3 is 0 Å². The van der Waals surface area contributed by atoms with Crippen LogP contribution in [0, 0.1) is 0 Å². The number of carbonyl (C=O) groups is 1. The fourth-order valence-electron chi connectivity index (χ4n) is 1.38. The molecule has 1 aromatic heterocycles. The van der Waals surface area contributed by atoms with E-state index in [1.165, 1.54) is 12.4 Å². The van der Waals surface area contributed by atoms with Gasteiger partial charge in [-0.1, -0.05) is 0 Å². The van der Waals surface area contributed by atoms with Crippen molar-refractivity contribution >= 4 is 27.7 Å². The molecule has 0 spiro atoms. The van der Waals surface area contributed by atoms with Crippen LogP contribution in [0.1, 0.15) is 6.42 Å². The van der Waals surface area contributed by atoms with E-state index in [1.807, 2.05) is 0 Å². The molecule has 86 valence electrons. The largest absolute Gasteiger partial charge is 0.379 e. The number of hydrogen-bond acceptors (Lipinski definition) is 5. The van der Waals surface area contributed by atoms with Crippen molar-refractivity contribution in [2.24, 2.45) is 5.73 Å². The zero-order chi connectivity index (χ0) is 11.6. The molecule has 0 saturated carbocycles. The number of anilines is 1. The Morgan fingerprint density at radius 2 is 2.38 bits per heavy atom. The highest BCUT2D eigenvalue weighted by Gasteiger charge is 2.38. The van der Waals surface area contributed by atoms with E-state index < -0.39 is 5.54 Å². The van der Waals surface area contributed by atoms with Crippen LogP contribution in [0.3, 0.4) is 0 Å². The summed E-state index contributed by atoms with van der Waals surface area (Å²) >= 11 is 3.16. The Morgan fingerprint density at radius 3 is 2.94 bits per heavy atom. The number of ether oxygens (including phenoxy) is 1. The van der Waals surface area contributed by atoms with Gasteiger partial charge in [0.15, 0.2) is 5.82 Å². The third kappa shape index (κ3) is 2.37. The number of nitrogens with two attached hydrogens (primary N) is 1. The van der Waals surface area contributed by atoms with Crippen LogP contribution in [0.5, 0.6) is 0 Å². The van der Waals surface area contributed by atoms with Crippen LogP contribution in [0.15, 0.2) is 17.0 Å². The molecule has 7 heteroatoms. The second-order valence-corrected chi connectivity index (χ2v) is 4.45. The topological polar surface area (TPSA) is 90.1 Å². The van der Waals surface area contributed by atoms with Gasteiger partial charge in [0.25, 0.3) is 0 Å². The SMILES string of the molecule is NC1(C(=O)Nc2cnc(Br)cn2)CCOC1. The van der Waals surface area contributed by atoms with Crippen LogP contribution in [0.25, 0.3) is 0 Å². The molecule has 0 aliphatic carbocycles. The molecule has 0 radical (unpaired) electrons. The summed E-state index contributed by atoms with van der Waals surface area (Å²) in [6, 6.07) is 0. The maximum Gasteiger partial charge on any atom is 0.248 e. The Hall–Kier alpha value is -1.05. The quantitative estimate of drug-likeness (QED) is 0.816. The number of hydrogen-bond donors (Lipinski definition) is 2. The molecule has 6 nitrogen and oxygen atoms in total. The Bertz CT molecular complexity index is 389. The molecule has 16 heavy (non-hydrogen) atoms. The lowest BCUT2D eigenvalue weighted by Gasteiger charge is -2.19. The number of amides is 1. The van der Waals surface area contributed by atoms with Crippen LogP contribution in [-0.4, -0.2) is 34.6 Å². The fraction of sp³-hybridized carbons (Fsp3) is 0.444. The number of nitrogens with zero attached hydrogens (tertiary/aromatic N) is 2. The zero-order valence-corrected chi connectivity index (χ0v) is 10.0. The van der Waals surface area contributed by atoms with Crippen molar-refractivity contribution in [2.75, 3.05) is 18.5 Å². The number of halogens is 1. The predicted molar refractivity (Wildman–Crippen MR) is 60.7 cm³/mol. The maximum absolute atomic E-state index is 11.8. The molecule has 3 N–H and O–H groups in total. The highest BCUT2D eigenvalue weighted by molar-refractivity contribution is 9.10. The minimum Gasteiger partial charge on any atom is -0.379 e. The summed E-state index contributed by atoms with van der Waals surface area (Å²) < 4.78 is 5.72. The Kier molecular flexibility index (Phi) is 3.17. The number of nitrogens with one attached hydrogen (secondary N) is 1. The molecule has 1 unspecified atom stereocenters. The molecule has 1 atom stereocenters. The zero-order valence-electron chi connectivity index (χ0n) is 8.44. The van der Waals surface area contributed by atoms with E-state index in [1.54, 1.807) is 0 Å². The van der Waals surface area contributed by atoms with Crippen LogP contribution in [0.4, 0.5) is 5.82 Å². The summed E-state index contributed by atoms with van der Waals surface area (Å²) in [6.07, 6.45) is 3.48. The maximum atomic E-state index is 11.8. The third-order valence-electron chi connectivity index (χ3n) is 2.37. The van der Waals surface area contributed by atoms with Crippen molar-refractivity contribution in [2.45, 2.75) is 12.0 Å². The van der Waals surface area contributed by atoms with E-state index in [0.29, 0.717) is 23.4 Å². The van der Waals surface area contributed by atoms with E-state index in [4.69, 9.17) is 10.5 Å². The van der Waals surface area contributed by atoms with Gasteiger partial charge in [-0.3, -0.25) is 4.79 Å². The third-order valence-corrected chi connectivity index (χ3v) is 2.78. The first-order valence-electron chi connectivity index (χ1n) is 4.76. The van der Waals surface area contributed by atoms with Crippen molar-refractivity contribution < 1.29 is 9.53 Å². The lowest BCUT2D eigenvalue weighted by molar-refractivity contribution is -0.121. The summed E-state index contributed by atoms with van der Waals surface area (Å²) in [7, 11) is 0. The number of aromatic nitrogens is 2. The normalized spacial score (nSPS) is 24.4. The molecule has 1 amide bonds. The van der Waals surface area contributed by atoms with Gasteiger partial charge in [-0.05, 0) is 22.4 Å². The molecule has 2 heterocycles.